The van der Waals surface area contributed by atoms with E-state index >= 15 is 0 Å². The monoisotopic (exact) mass is 283 g/mol. The predicted molar refractivity (Wildman–Crippen MR) is 80.0 cm³/mol. The molecule has 20 heavy (non-hydrogen) atoms. The number of unbranched alkanes of at least 4 members (excludes halogenated alkanes) is 4. The molecule has 5 nitrogen and oxygen atoms in total. The Labute approximate surface area is 122 Å². The molecular weight excluding hydrogens is 254 g/mol. The zero-order valence-corrected chi connectivity index (χ0v) is 13.1. The summed E-state index contributed by atoms with van der Waals surface area (Å²) in [7, 11) is 0. The van der Waals surface area contributed by atoms with Crippen LogP contribution in [0.2, 0.25) is 0 Å². The van der Waals surface area contributed by atoms with Crippen molar-refractivity contribution in [2.24, 2.45) is 5.73 Å². The highest BCUT2D eigenvalue weighted by molar-refractivity contribution is 6.04. The summed E-state index contributed by atoms with van der Waals surface area (Å²) in [6, 6.07) is -0.336. The Kier molecular flexibility index (Phi) is 6.46. The molecular formula is C15H29N3O2. The van der Waals surface area contributed by atoms with Gasteiger partial charge in [0.15, 0.2) is 6.17 Å². The van der Waals surface area contributed by atoms with Gasteiger partial charge < -0.3 is 11.1 Å². The lowest BCUT2D eigenvalue weighted by atomic mass is 9.87. The summed E-state index contributed by atoms with van der Waals surface area (Å²) in [5, 5.41) is 2.52. The fourth-order valence-electron chi connectivity index (χ4n) is 2.85. The average Bonchev–Trinajstić information content (AvgIpc) is 2.66. The molecule has 0 spiro atoms. The van der Waals surface area contributed by atoms with Gasteiger partial charge in [0.2, 0.25) is 0 Å². The molecule has 0 aromatic carbocycles. The van der Waals surface area contributed by atoms with Crippen molar-refractivity contribution in [1.29, 1.82) is 0 Å². The number of nitrogens with two attached hydrogens (primary N) is 1. The largest absolute Gasteiger partial charge is 0.326 e. The van der Waals surface area contributed by atoms with Crippen molar-refractivity contribution in [2.75, 3.05) is 0 Å². The summed E-state index contributed by atoms with van der Waals surface area (Å²) in [5.74, 6) is -0.288. The van der Waals surface area contributed by atoms with Crippen molar-refractivity contribution in [3.63, 3.8) is 0 Å². The Morgan fingerprint density at radius 1 is 1.10 bits per heavy atom. The van der Waals surface area contributed by atoms with Crippen LogP contribution >= 0.6 is 0 Å². The first-order valence-corrected chi connectivity index (χ1v) is 7.86. The number of hydrogen-bond donors (Lipinski definition) is 2. The maximum atomic E-state index is 12.1. The average molecular weight is 283 g/mol. The molecule has 0 radical (unpaired) electrons. The molecule has 3 amide bonds. The van der Waals surface area contributed by atoms with Crippen LogP contribution in [-0.4, -0.2) is 28.5 Å². The number of urea groups is 1. The van der Waals surface area contributed by atoms with Crippen LogP contribution in [-0.2, 0) is 4.79 Å². The van der Waals surface area contributed by atoms with E-state index in [0.717, 1.165) is 38.5 Å². The van der Waals surface area contributed by atoms with Crippen LogP contribution in [0, 0.1) is 0 Å². The van der Waals surface area contributed by atoms with E-state index in [-0.39, 0.29) is 11.9 Å². The Balaban J connectivity index is 2.75. The van der Waals surface area contributed by atoms with E-state index in [4.69, 9.17) is 5.73 Å². The Hall–Kier alpha value is -1.10. The topological polar surface area (TPSA) is 75.4 Å². The highest BCUT2D eigenvalue weighted by Gasteiger charge is 2.46. The van der Waals surface area contributed by atoms with Crippen LogP contribution < -0.4 is 11.1 Å². The Morgan fingerprint density at radius 2 is 1.70 bits per heavy atom. The molecule has 5 heteroatoms. The summed E-state index contributed by atoms with van der Waals surface area (Å²) >= 11 is 0. The van der Waals surface area contributed by atoms with Gasteiger partial charge >= 0.3 is 6.03 Å². The van der Waals surface area contributed by atoms with Crippen LogP contribution in [0.15, 0.2) is 0 Å². The zero-order valence-electron chi connectivity index (χ0n) is 13.1. The number of carbonyl (C=O) groups excluding carboxylic acids is 2. The molecule has 1 rings (SSSR count). The number of carbonyl (C=O) groups is 2. The predicted octanol–water partition coefficient (Wildman–Crippen LogP) is 2.74. The van der Waals surface area contributed by atoms with Crippen LogP contribution in [0.5, 0.6) is 0 Å². The number of hydrogen-bond acceptors (Lipinski definition) is 3. The van der Waals surface area contributed by atoms with Gasteiger partial charge in [0.25, 0.3) is 5.91 Å². The van der Waals surface area contributed by atoms with Gasteiger partial charge in [0.1, 0.15) is 0 Å². The van der Waals surface area contributed by atoms with Crippen molar-refractivity contribution in [2.45, 2.75) is 83.8 Å². The van der Waals surface area contributed by atoms with Crippen LogP contribution in [0.1, 0.15) is 72.1 Å². The molecule has 1 fully saturated rings. The van der Waals surface area contributed by atoms with E-state index in [1.54, 1.807) is 0 Å². The zero-order chi connectivity index (χ0) is 15.2. The molecule has 0 aliphatic carbocycles. The number of nitrogens with zero attached hydrogens (tertiary/aromatic N) is 1. The Morgan fingerprint density at radius 3 is 2.20 bits per heavy atom. The second-order valence-electron chi connectivity index (χ2n) is 6.01. The van der Waals surface area contributed by atoms with Crippen LogP contribution in [0.4, 0.5) is 4.79 Å². The van der Waals surface area contributed by atoms with E-state index in [2.05, 4.69) is 19.2 Å². The first-order valence-electron chi connectivity index (χ1n) is 7.86. The summed E-state index contributed by atoms with van der Waals surface area (Å²) in [4.78, 5) is 25.5. The standard InChI is InChI=1S/C15H29N3O2/c1-4-6-8-9-11-15(3,10-7-5-2)18-13(19)12(16)17-14(18)20/h12H,4-11,16H2,1-3H3,(H,17,20). The summed E-state index contributed by atoms with van der Waals surface area (Å²) < 4.78 is 0. The number of rotatable bonds is 9. The smallest absolute Gasteiger partial charge is 0.314 e. The van der Waals surface area contributed by atoms with Crippen molar-refractivity contribution >= 4 is 11.9 Å². The van der Waals surface area contributed by atoms with Gasteiger partial charge in [-0.15, -0.1) is 0 Å². The van der Waals surface area contributed by atoms with Gasteiger partial charge in [0.05, 0.1) is 0 Å². The molecule has 0 aromatic rings. The molecule has 1 aliphatic rings. The van der Waals surface area contributed by atoms with Crippen LogP contribution in [0.25, 0.3) is 0 Å². The first-order chi connectivity index (χ1) is 9.46. The molecule has 3 N–H and O–H groups in total. The van der Waals surface area contributed by atoms with E-state index < -0.39 is 11.7 Å². The lowest BCUT2D eigenvalue weighted by Gasteiger charge is -2.37. The maximum Gasteiger partial charge on any atom is 0.326 e. The fraction of sp³-hybridized carbons (Fsp3) is 0.867. The first kappa shape index (κ1) is 17.0. The van der Waals surface area contributed by atoms with Gasteiger partial charge in [-0.25, -0.2) is 4.79 Å². The molecule has 2 unspecified atom stereocenters. The maximum absolute atomic E-state index is 12.1. The van der Waals surface area contributed by atoms with Crippen molar-refractivity contribution < 1.29 is 9.59 Å². The second-order valence-corrected chi connectivity index (χ2v) is 6.01. The second kappa shape index (κ2) is 7.62. The Bertz CT molecular complexity index is 346. The molecule has 2 atom stereocenters. The van der Waals surface area contributed by atoms with Gasteiger partial charge in [-0.3, -0.25) is 9.69 Å². The molecule has 0 saturated carbocycles. The SMILES string of the molecule is CCCCCCC(C)(CCCC)N1C(=O)NC(N)C1=O. The van der Waals surface area contributed by atoms with Crippen LogP contribution in [0.3, 0.4) is 0 Å². The molecule has 1 aliphatic heterocycles. The van der Waals surface area contributed by atoms with Crippen molar-refractivity contribution in [1.82, 2.24) is 10.2 Å². The lowest BCUT2D eigenvalue weighted by molar-refractivity contribution is -0.131. The van der Waals surface area contributed by atoms with Gasteiger partial charge in [0, 0.05) is 5.54 Å². The van der Waals surface area contributed by atoms with Gasteiger partial charge in [-0.2, -0.15) is 0 Å². The summed E-state index contributed by atoms with van der Waals surface area (Å²) in [6.45, 7) is 6.31. The minimum Gasteiger partial charge on any atom is -0.314 e. The fourth-order valence-corrected chi connectivity index (χ4v) is 2.85. The molecule has 1 heterocycles. The number of imide groups is 1. The van der Waals surface area contributed by atoms with Crippen molar-refractivity contribution in [3.05, 3.63) is 0 Å². The third-order valence-corrected chi connectivity index (χ3v) is 4.15. The molecule has 116 valence electrons. The van der Waals surface area contributed by atoms with Crippen molar-refractivity contribution in [3.8, 4) is 0 Å². The third kappa shape index (κ3) is 3.95. The number of nitrogens with one attached hydrogen (secondary N) is 1. The van der Waals surface area contributed by atoms with E-state index in [0.29, 0.717) is 0 Å². The molecule has 0 aromatic heterocycles. The van der Waals surface area contributed by atoms with Gasteiger partial charge in [-0.1, -0.05) is 52.4 Å². The highest BCUT2D eigenvalue weighted by Crippen LogP contribution is 2.31. The minimum absolute atomic E-state index is 0.288. The molecule has 0 bridgehead atoms. The number of amides is 3. The third-order valence-electron chi connectivity index (χ3n) is 4.15. The molecule has 1 saturated heterocycles. The normalized spacial score (nSPS) is 22.0. The van der Waals surface area contributed by atoms with E-state index in [1.807, 2.05) is 6.92 Å². The quantitative estimate of drug-likeness (QED) is 0.504. The highest BCUT2D eigenvalue weighted by atomic mass is 16.2. The van der Waals surface area contributed by atoms with E-state index in [9.17, 15) is 9.59 Å². The summed E-state index contributed by atoms with van der Waals surface area (Å²) in [6.07, 6.45) is 7.47. The lowest BCUT2D eigenvalue weighted by Crippen LogP contribution is -2.51. The van der Waals surface area contributed by atoms with E-state index in [1.165, 1.54) is 17.7 Å². The summed E-state index contributed by atoms with van der Waals surface area (Å²) in [5.41, 5.74) is 5.23. The van der Waals surface area contributed by atoms with Gasteiger partial charge in [-0.05, 0) is 19.8 Å². The minimum atomic E-state index is -0.876.